The van der Waals surface area contributed by atoms with Gasteiger partial charge < -0.3 is 10.7 Å². The molecule has 2 rings (SSSR count). The molecule has 1 fully saturated rings. The molecule has 1 saturated carbocycles. The van der Waals surface area contributed by atoms with Crippen molar-refractivity contribution in [1.29, 1.82) is 0 Å². The lowest BCUT2D eigenvalue weighted by Crippen LogP contribution is -2.27. The summed E-state index contributed by atoms with van der Waals surface area (Å²) >= 11 is 0. The minimum atomic E-state index is 0.536. The number of anilines is 2. The summed E-state index contributed by atoms with van der Waals surface area (Å²) in [5.41, 5.74) is 3.72. The molecule has 1 aromatic rings. The molecule has 1 aliphatic carbocycles. The first kappa shape index (κ1) is 14.1. The van der Waals surface area contributed by atoms with Gasteiger partial charge in [0.2, 0.25) is 0 Å². The second-order valence-electron chi connectivity index (χ2n) is 5.32. The third-order valence-electron chi connectivity index (χ3n) is 4.20. The molecule has 5 heteroatoms. The van der Waals surface area contributed by atoms with Crippen LogP contribution >= 0.6 is 0 Å². The van der Waals surface area contributed by atoms with Crippen LogP contribution in [0.25, 0.3) is 0 Å². The average molecular weight is 263 g/mol. The Balaban J connectivity index is 2.03. The molecule has 1 aromatic heterocycles. The summed E-state index contributed by atoms with van der Waals surface area (Å²) in [4.78, 5) is 8.53. The molecule has 0 amide bonds. The van der Waals surface area contributed by atoms with Crippen molar-refractivity contribution < 1.29 is 0 Å². The molecule has 0 bridgehead atoms. The molecular weight excluding hydrogens is 238 g/mol. The normalized spacial score (nSPS) is 23.1. The van der Waals surface area contributed by atoms with Crippen molar-refractivity contribution in [3.05, 3.63) is 11.9 Å². The van der Waals surface area contributed by atoms with Gasteiger partial charge in [0, 0.05) is 11.6 Å². The largest absolute Gasteiger partial charge is 0.367 e. The Labute approximate surface area is 115 Å². The summed E-state index contributed by atoms with van der Waals surface area (Å²) in [5.74, 6) is 8.07. The first-order chi connectivity index (χ1) is 9.28. The van der Waals surface area contributed by atoms with Crippen LogP contribution in [0.5, 0.6) is 0 Å². The van der Waals surface area contributed by atoms with Crippen molar-refractivity contribution in [2.75, 3.05) is 10.7 Å². The Bertz CT molecular complexity index is 399. The highest BCUT2D eigenvalue weighted by Crippen LogP contribution is 2.29. The van der Waals surface area contributed by atoms with Crippen LogP contribution in [0.2, 0.25) is 0 Å². The SMILES string of the molecule is CCc1c(NN)ncnc1NC1CCC(CC)CC1. The Morgan fingerprint density at radius 3 is 2.42 bits per heavy atom. The Kier molecular flexibility index (Phi) is 4.96. The van der Waals surface area contributed by atoms with Gasteiger partial charge in [-0.2, -0.15) is 0 Å². The molecule has 0 aromatic carbocycles. The Morgan fingerprint density at radius 1 is 1.16 bits per heavy atom. The van der Waals surface area contributed by atoms with Gasteiger partial charge in [0.1, 0.15) is 18.0 Å². The van der Waals surface area contributed by atoms with E-state index < -0.39 is 0 Å². The van der Waals surface area contributed by atoms with E-state index in [1.807, 2.05) is 0 Å². The highest BCUT2D eigenvalue weighted by Gasteiger charge is 2.21. The van der Waals surface area contributed by atoms with Crippen LogP contribution in [0.3, 0.4) is 0 Å². The number of hydrogen-bond acceptors (Lipinski definition) is 5. The van der Waals surface area contributed by atoms with E-state index in [1.54, 1.807) is 6.33 Å². The topological polar surface area (TPSA) is 75.9 Å². The summed E-state index contributed by atoms with van der Waals surface area (Å²) in [7, 11) is 0. The van der Waals surface area contributed by atoms with E-state index in [0.717, 1.165) is 29.5 Å². The van der Waals surface area contributed by atoms with E-state index in [4.69, 9.17) is 5.84 Å². The second kappa shape index (κ2) is 6.70. The fraction of sp³-hybridized carbons (Fsp3) is 0.714. The standard InChI is InChI=1S/C14H25N5/c1-3-10-5-7-11(8-6-10)18-13-12(4-2)14(19-15)17-9-16-13/h9-11H,3-8,15H2,1-2H3,(H2,16,17,18,19). The van der Waals surface area contributed by atoms with Gasteiger partial charge in [-0.15, -0.1) is 0 Å². The highest BCUT2D eigenvalue weighted by atomic mass is 15.3. The molecule has 0 saturated heterocycles. The number of aromatic nitrogens is 2. The molecule has 1 aliphatic rings. The van der Waals surface area contributed by atoms with E-state index in [9.17, 15) is 0 Å². The van der Waals surface area contributed by atoms with Crippen molar-refractivity contribution >= 4 is 11.6 Å². The van der Waals surface area contributed by atoms with Crippen LogP contribution in [-0.4, -0.2) is 16.0 Å². The molecular formula is C14H25N5. The number of nitrogen functional groups attached to an aromatic ring is 1. The third kappa shape index (κ3) is 3.35. The predicted molar refractivity (Wildman–Crippen MR) is 78.9 cm³/mol. The molecule has 0 radical (unpaired) electrons. The van der Waals surface area contributed by atoms with Crippen molar-refractivity contribution in [2.45, 2.75) is 58.4 Å². The maximum absolute atomic E-state index is 5.50. The molecule has 4 N–H and O–H groups in total. The fourth-order valence-corrected chi connectivity index (χ4v) is 2.90. The molecule has 0 aliphatic heterocycles. The van der Waals surface area contributed by atoms with E-state index in [1.165, 1.54) is 32.1 Å². The molecule has 19 heavy (non-hydrogen) atoms. The van der Waals surface area contributed by atoms with Crippen LogP contribution in [0, 0.1) is 5.92 Å². The molecule has 0 spiro atoms. The van der Waals surface area contributed by atoms with Crippen molar-refractivity contribution in [2.24, 2.45) is 11.8 Å². The Morgan fingerprint density at radius 2 is 1.84 bits per heavy atom. The smallest absolute Gasteiger partial charge is 0.148 e. The minimum Gasteiger partial charge on any atom is -0.367 e. The summed E-state index contributed by atoms with van der Waals surface area (Å²) in [6.45, 7) is 4.38. The number of hydrazine groups is 1. The fourth-order valence-electron chi connectivity index (χ4n) is 2.90. The number of rotatable bonds is 5. The number of nitrogens with zero attached hydrogens (tertiary/aromatic N) is 2. The molecule has 106 valence electrons. The van der Waals surface area contributed by atoms with Crippen LogP contribution in [0.4, 0.5) is 11.6 Å². The van der Waals surface area contributed by atoms with Crippen LogP contribution in [0.1, 0.15) is 51.5 Å². The van der Waals surface area contributed by atoms with E-state index in [0.29, 0.717) is 6.04 Å². The number of nitrogens with two attached hydrogens (primary N) is 1. The van der Waals surface area contributed by atoms with Gasteiger partial charge in [0.25, 0.3) is 0 Å². The third-order valence-corrected chi connectivity index (χ3v) is 4.20. The van der Waals surface area contributed by atoms with Gasteiger partial charge in [-0.1, -0.05) is 20.3 Å². The molecule has 0 atom stereocenters. The minimum absolute atomic E-state index is 0.536. The van der Waals surface area contributed by atoms with Gasteiger partial charge in [-0.05, 0) is 38.0 Å². The van der Waals surface area contributed by atoms with E-state index >= 15 is 0 Å². The van der Waals surface area contributed by atoms with Crippen molar-refractivity contribution in [1.82, 2.24) is 9.97 Å². The summed E-state index contributed by atoms with van der Waals surface area (Å²) in [6.07, 6.45) is 8.85. The average Bonchev–Trinajstić information content (AvgIpc) is 2.47. The van der Waals surface area contributed by atoms with Gasteiger partial charge in [-0.25, -0.2) is 15.8 Å². The molecule has 5 nitrogen and oxygen atoms in total. The number of hydrogen-bond donors (Lipinski definition) is 3. The van der Waals surface area contributed by atoms with Crippen LogP contribution < -0.4 is 16.6 Å². The molecule has 0 unspecified atom stereocenters. The van der Waals surface area contributed by atoms with E-state index in [2.05, 4.69) is 34.6 Å². The lowest BCUT2D eigenvalue weighted by molar-refractivity contribution is 0.329. The second-order valence-corrected chi connectivity index (χ2v) is 5.32. The first-order valence-electron chi connectivity index (χ1n) is 7.35. The summed E-state index contributed by atoms with van der Waals surface area (Å²) < 4.78 is 0. The Hall–Kier alpha value is -1.36. The van der Waals surface area contributed by atoms with Gasteiger partial charge in [-0.3, -0.25) is 0 Å². The first-order valence-corrected chi connectivity index (χ1v) is 7.35. The van der Waals surface area contributed by atoms with Crippen molar-refractivity contribution in [3.8, 4) is 0 Å². The summed E-state index contributed by atoms with van der Waals surface area (Å²) in [5, 5.41) is 3.57. The maximum atomic E-state index is 5.50. The zero-order valence-corrected chi connectivity index (χ0v) is 11.9. The number of nitrogens with one attached hydrogen (secondary N) is 2. The maximum Gasteiger partial charge on any atom is 0.148 e. The van der Waals surface area contributed by atoms with Gasteiger partial charge in [0.15, 0.2) is 0 Å². The molecule has 1 heterocycles. The van der Waals surface area contributed by atoms with Gasteiger partial charge in [0.05, 0.1) is 0 Å². The predicted octanol–water partition coefficient (Wildman–Crippen LogP) is 2.71. The van der Waals surface area contributed by atoms with Crippen LogP contribution in [-0.2, 0) is 6.42 Å². The van der Waals surface area contributed by atoms with E-state index in [-0.39, 0.29) is 0 Å². The quantitative estimate of drug-likeness (QED) is 0.562. The zero-order valence-electron chi connectivity index (χ0n) is 11.9. The summed E-state index contributed by atoms with van der Waals surface area (Å²) in [6, 6.07) is 0.536. The lowest BCUT2D eigenvalue weighted by atomic mass is 9.84. The van der Waals surface area contributed by atoms with Crippen molar-refractivity contribution in [3.63, 3.8) is 0 Å². The monoisotopic (exact) mass is 263 g/mol. The van der Waals surface area contributed by atoms with Gasteiger partial charge >= 0.3 is 0 Å². The lowest BCUT2D eigenvalue weighted by Gasteiger charge is -2.29. The zero-order chi connectivity index (χ0) is 13.7. The van der Waals surface area contributed by atoms with Crippen LogP contribution in [0.15, 0.2) is 6.33 Å². The highest BCUT2D eigenvalue weighted by molar-refractivity contribution is 5.57.